The number of rotatable bonds is 3. The van der Waals surface area contributed by atoms with E-state index in [4.69, 9.17) is 0 Å². The van der Waals surface area contributed by atoms with Gasteiger partial charge in [-0.15, -0.1) is 11.3 Å². The highest BCUT2D eigenvalue weighted by Crippen LogP contribution is 2.26. The Kier molecular flexibility index (Phi) is 3.65. The fourth-order valence-electron chi connectivity index (χ4n) is 1.74. The summed E-state index contributed by atoms with van der Waals surface area (Å²) >= 11 is 5.14. The Morgan fingerprint density at radius 3 is 2.76 bits per heavy atom. The zero-order valence-electron chi connectivity index (χ0n) is 9.62. The Balaban J connectivity index is 1.95. The van der Waals surface area contributed by atoms with Crippen molar-refractivity contribution in [3.8, 4) is 0 Å². The third kappa shape index (κ3) is 2.59. The molecule has 1 aliphatic rings. The summed E-state index contributed by atoms with van der Waals surface area (Å²) in [5, 5.41) is 3.13. The van der Waals surface area contributed by atoms with Gasteiger partial charge in [0.15, 0.2) is 0 Å². The molecule has 1 aromatic rings. The minimum atomic E-state index is -0.367. The molecule has 92 valence electrons. The highest BCUT2D eigenvalue weighted by molar-refractivity contribution is 9.10. The second-order valence-corrected chi connectivity index (χ2v) is 6.24. The minimum absolute atomic E-state index is 0.115. The topological polar surface area (TPSA) is 49.4 Å². The van der Waals surface area contributed by atoms with Gasteiger partial charge in [-0.25, -0.2) is 0 Å². The minimum Gasteiger partial charge on any atom is -0.300 e. The van der Waals surface area contributed by atoms with Gasteiger partial charge in [0.05, 0.1) is 12.5 Å². The van der Waals surface area contributed by atoms with Crippen LogP contribution in [0.25, 0.3) is 0 Å². The van der Waals surface area contributed by atoms with Crippen molar-refractivity contribution in [1.29, 1.82) is 0 Å². The first-order valence-electron chi connectivity index (χ1n) is 5.27. The summed E-state index contributed by atoms with van der Waals surface area (Å²) in [7, 11) is 1.53. The van der Waals surface area contributed by atoms with Gasteiger partial charge in [0, 0.05) is 27.8 Å². The number of hydrogen-bond donors (Lipinski definition) is 1. The lowest BCUT2D eigenvalue weighted by atomic mass is 10.2. The molecule has 6 heteroatoms. The van der Waals surface area contributed by atoms with Gasteiger partial charge in [-0.05, 0) is 28.9 Å². The van der Waals surface area contributed by atoms with Crippen LogP contribution in [-0.4, -0.2) is 29.8 Å². The number of carbonyl (C=O) groups is 2. The SMILES string of the molecule is Cc1sc(CNC2CC(=O)N(C)C2=O)cc1Br. The van der Waals surface area contributed by atoms with Crippen LogP contribution in [0.3, 0.4) is 0 Å². The van der Waals surface area contributed by atoms with Gasteiger partial charge in [0.25, 0.3) is 0 Å². The van der Waals surface area contributed by atoms with E-state index >= 15 is 0 Å². The molecule has 0 saturated carbocycles. The second-order valence-electron chi connectivity index (χ2n) is 4.05. The second kappa shape index (κ2) is 4.88. The zero-order chi connectivity index (χ0) is 12.6. The lowest BCUT2D eigenvalue weighted by Crippen LogP contribution is -2.36. The lowest BCUT2D eigenvalue weighted by molar-refractivity contribution is -0.137. The number of aryl methyl sites for hydroxylation is 1. The molecule has 0 aromatic carbocycles. The highest BCUT2D eigenvalue weighted by atomic mass is 79.9. The third-order valence-corrected chi connectivity index (χ3v) is 4.95. The van der Waals surface area contributed by atoms with Gasteiger partial charge in [-0.2, -0.15) is 0 Å². The van der Waals surface area contributed by atoms with Crippen LogP contribution in [0.15, 0.2) is 10.5 Å². The number of likely N-dealkylation sites (N-methyl/N-ethyl adjacent to an activating group) is 1. The maximum absolute atomic E-state index is 11.6. The van der Waals surface area contributed by atoms with Gasteiger partial charge in [-0.1, -0.05) is 0 Å². The fraction of sp³-hybridized carbons (Fsp3) is 0.455. The van der Waals surface area contributed by atoms with E-state index in [9.17, 15) is 9.59 Å². The predicted molar refractivity (Wildman–Crippen MR) is 69.8 cm³/mol. The summed E-state index contributed by atoms with van der Waals surface area (Å²) in [6.45, 7) is 2.66. The van der Waals surface area contributed by atoms with Crippen LogP contribution in [-0.2, 0) is 16.1 Å². The van der Waals surface area contributed by atoms with Crippen LogP contribution in [0, 0.1) is 6.92 Å². The molecule has 0 aliphatic carbocycles. The monoisotopic (exact) mass is 316 g/mol. The molecule has 1 N–H and O–H groups in total. The molecule has 1 saturated heterocycles. The van der Waals surface area contributed by atoms with E-state index in [-0.39, 0.29) is 24.3 Å². The first-order chi connectivity index (χ1) is 7.99. The van der Waals surface area contributed by atoms with E-state index in [1.54, 1.807) is 11.3 Å². The molecule has 0 radical (unpaired) electrons. The Labute approximate surface area is 112 Å². The smallest absolute Gasteiger partial charge is 0.246 e. The van der Waals surface area contributed by atoms with E-state index in [0.29, 0.717) is 6.54 Å². The molecule has 1 fully saturated rings. The van der Waals surface area contributed by atoms with Gasteiger partial charge in [-0.3, -0.25) is 14.5 Å². The van der Waals surface area contributed by atoms with E-state index in [0.717, 1.165) is 9.35 Å². The van der Waals surface area contributed by atoms with Crippen LogP contribution in [0.4, 0.5) is 0 Å². The highest BCUT2D eigenvalue weighted by Gasteiger charge is 2.35. The van der Waals surface area contributed by atoms with E-state index < -0.39 is 0 Å². The van der Waals surface area contributed by atoms with Crippen molar-refractivity contribution in [2.24, 2.45) is 0 Å². The van der Waals surface area contributed by atoms with E-state index in [2.05, 4.69) is 21.2 Å². The fourth-order valence-corrected chi connectivity index (χ4v) is 3.30. The average Bonchev–Trinajstić information content (AvgIpc) is 2.72. The molecule has 1 aliphatic heterocycles. The number of hydrogen-bond acceptors (Lipinski definition) is 4. The van der Waals surface area contributed by atoms with E-state index in [1.807, 2.05) is 13.0 Å². The van der Waals surface area contributed by atoms with Crippen LogP contribution in [0.1, 0.15) is 16.2 Å². The number of amides is 2. The quantitative estimate of drug-likeness (QED) is 0.863. The number of halogens is 1. The maximum Gasteiger partial charge on any atom is 0.246 e. The maximum atomic E-state index is 11.6. The molecule has 1 unspecified atom stereocenters. The molecular formula is C11H13BrN2O2S. The Bertz CT molecular complexity index is 453. The van der Waals surface area contributed by atoms with E-state index in [1.165, 1.54) is 16.8 Å². The molecule has 1 atom stereocenters. The molecule has 0 bridgehead atoms. The number of imide groups is 1. The zero-order valence-corrected chi connectivity index (χ0v) is 12.0. The standard InChI is InChI=1S/C11H13BrN2O2S/c1-6-8(12)3-7(17-6)5-13-9-4-10(15)14(2)11(9)16/h3,9,13H,4-5H2,1-2H3. The van der Waals surface area contributed by atoms with Crippen molar-refractivity contribution in [3.63, 3.8) is 0 Å². The Morgan fingerprint density at radius 1 is 1.59 bits per heavy atom. The summed E-state index contributed by atoms with van der Waals surface area (Å²) in [4.78, 5) is 26.5. The normalized spacial score (nSPS) is 20.4. The van der Waals surface area contributed by atoms with Crippen LogP contribution in [0.2, 0.25) is 0 Å². The van der Waals surface area contributed by atoms with Crippen molar-refractivity contribution >= 4 is 39.1 Å². The van der Waals surface area contributed by atoms with Crippen molar-refractivity contribution in [3.05, 3.63) is 20.3 Å². The molecule has 17 heavy (non-hydrogen) atoms. The summed E-state index contributed by atoms with van der Waals surface area (Å²) in [5.74, 6) is -0.251. The molecule has 1 aromatic heterocycles. The number of likely N-dealkylation sites (tertiary alicyclic amines) is 1. The summed E-state index contributed by atoms with van der Waals surface area (Å²) in [5.41, 5.74) is 0. The third-order valence-electron chi connectivity index (χ3n) is 2.81. The van der Waals surface area contributed by atoms with Gasteiger partial charge in [0.2, 0.25) is 11.8 Å². The summed E-state index contributed by atoms with van der Waals surface area (Å²) < 4.78 is 1.09. The molecule has 2 heterocycles. The van der Waals surface area contributed by atoms with Crippen molar-refractivity contribution < 1.29 is 9.59 Å². The van der Waals surface area contributed by atoms with Crippen molar-refractivity contribution in [2.45, 2.75) is 25.9 Å². The van der Waals surface area contributed by atoms with Crippen molar-refractivity contribution in [1.82, 2.24) is 10.2 Å². The molecule has 0 spiro atoms. The first-order valence-corrected chi connectivity index (χ1v) is 6.88. The molecule has 4 nitrogen and oxygen atoms in total. The average molecular weight is 317 g/mol. The Morgan fingerprint density at radius 2 is 2.29 bits per heavy atom. The van der Waals surface area contributed by atoms with Crippen molar-refractivity contribution in [2.75, 3.05) is 7.05 Å². The molecular weight excluding hydrogens is 304 g/mol. The number of carbonyl (C=O) groups excluding carboxylic acids is 2. The molecule has 2 amide bonds. The van der Waals surface area contributed by atoms with Crippen LogP contribution in [0.5, 0.6) is 0 Å². The molecule has 2 rings (SSSR count). The summed E-state index contributed by atoms with van der Waals surface area (Å²) in [6.07, 6.45) is 0.265. The van der Waals surface area contributed by atoms with Gasteiger partial charge in [0.1, 0.15) is 0 Å². The Hall–Kier alpha value is -0.720. The number of thiophene rings is 1. The predicted octanol–water partition coefficient (Wildman–Crippen LogP) is 1.67. The van der Waals surface area contributed by atoms with Gasteiger partial charge < -0.3 is 5.32 Å². The number of nitrogens with zero attached hydrogens (tertiary/aromatic N) is 1. The lowest BCUT2D eigenvalue weighted by Gasteiger charge is -2.09. The van der Waals surface area contributed by atoms with Gasteiger partial charge >= 0.3 is 0 Å². The number of nitrogens with one attached hydrogen (secondary N) is 1. The first kappa shape index (κ1) is 12.7. The largest absolute Gasteiger partial charge is 0.300 e. The van der Waals surface area contributed by atoms with Crippen LogP contribution >= 0.6 is 27.3 Å². The van der Waals surface area contributed by atoms with Crippen LogP contribution < -0.4 is 5.32 Å². The summed E-state index contributed by atoms with van der Waals surface area (Å²) in [6, 6.07) is 1.67.